The monoisotopic (exact) mass is 307 g/mol. The molecule has 3 rings (SSSR count). The van der Waals surface area contributed by atoms with Gasteiger partial charge >= 0.3 is 0 Å². The number of quaternary nitrogens is 1. The molecule has 1 saturated carbocycles. The second-order valence-corrected chi connectivity index (χ2v) is 7.01. The Bertz CT molecular complexity index is 655. The fourth-order valence-corrected chi connectivity index (χ4v) is 3.95. The predicted octanol–water partition coefficient (Wildman–Crippen LogP) is 1.64. The summed E-state index contributed by atoms with van der Waals surface area (Å²) in [4.78, 5) is 17.0. The molecule has 2 heterocycles. The summed E-state index contributed by atoms with van der Waals surface area (Å²) in [5.41, 5.74) is 0.685. The minimum Gasteiger partial charge on any atom is -0.338 e. The van der Waals surface area contributed by atoms with Crippen molar-refractivity contribution in [2.75, 3.05) is 0 Å². The second kappa shape index (κ2) is 6.66. The average Bonchev–Trinajstić information content (AvgIpc) is 2.80. The van der Waals surface area contributed by atoms with Gasteiger partial charge < -0.3 is 5.32 Å². The van der Waals surface area contributed by atoms with Crippen LogP contribution in [-0.2, 0) is 6.54 Å². The Morgan fingerprint density at radius 3 is 2.76 bits per heavy atom. The lowest BCUT2D eigenvalue weighted by molar-refractivity contribution is -0.706. The van der Waals surface area contributed by atoms with Gasteiger partial charge in [0.1, 0.15) is 6.54 Å². The van der Waals surface area contributed by atoms with Crippen molar-refractivity contribution in [2.45, 2.75) is 64.5 Å². The number of aryl methyl sites for hydroxylation is 1. The molecule has 0 radical (unpaired) electrons. The fraction of sp³-hybridized carbons (Fsp3) is 0.667. The van der Waals surface area contributed by atoms with E-state index in [1.165, 1.54) is 66.9 Å². The molecule has 2 N–H and O–H groups in total. The summed E-state index contributed by atoms with van der Waals surface area (Å²) in [7, 11) is 0. The third kappa shape index (κ3) is 3.68. The van der Waals surface area contributed by atoms with E-state index in [0.717, 1.165) is 17.2 Å². The molecule has 2 aromatic rings. The number of nitrogens with zero attached hydrogens (tertiary/aromatic N) is 3. The van der Waals surface area contributed by atoms with E-state index < -0.39 is 0 Å². The van der Waals surface area contributed by atoms with Crippen molar-refractivity contribution in [3.05, 3.63) is 27.1 Å². The van der Waals surface area contributed by atoms with Gasteiger partial charge in [-0.25, -0.2) is 4.98 Å². The zero-order valence-corrected chi connectivity index (χ0v) is 13.4. The quantitative estimate of drug-likeness (QED) is 0.937. The molecule has 0 atom stereocenters. The highest BCUT2D eigenvalue weighted by Gasteiger charge is 2.16. The zero-order chi connectivity index (χ0) is 14.7. The number of hydrogen-bond donors (Lipinski definition) is 1. The molecule has 1 fully saturated rings. The maximum absolute atomic E-state index is 11.9. The highest BCUT2D eigenvalue weighted by atomic mass is 32.1. The van der Waals surface area contributed by atoms with Crippen molar-refractivity contribution >= 4 is 16.3 Å². The van der Waals surface area contributed by atoms with E-state index in [-0.39, 0.29) is 5.56 Å². The van der Waals surface area contributed by atoms with Crippen molar-refractivity contribution in [3.8, 4) is 0 Å². The molecule has 0 saturated heterocycles. The van der Waals surface area contributed by atoms with Crippen molar-refractivity contribution in [1.82, 2.24) is 14.6 Å². The molecule has 2 aromatic heterocycles. The van der Waals surface area contributed by atoms with E-state index in [1.807, 2.05) is 6.92 Å². The molecular weight excluding hydrogens is 284 g/mol. The van der Waals surface area contributed by atoms with Gasteiger partial charge in [-0.05, 0) is 32.6 Å². The lowest BCUT2D eigenvalue weighted by Gasteiger charge is -2.17. The Balaban J connectivity index is 1.67. The maximum Gasteiger partial charge on any atom is 0.275 e. The van der Waals surface area contributed by atoms with Gasteiger partial charge in [0.15, 0.2) is 5.01 Å². The van der Waals surface area contributed by atoms with Crippen molar-refractivity contribution in [2.24, 2.45) is 0 Å². The van der Waals surface area contributed by atoms with E-state index in [4.69, 9.17) is 0 Å². The maximum atomic E-state index is 11.9. The van der Waals surface area contributed by atoms with Crippen LogP contribution in [0.3, 0.4) is 0 Å². The summed E-state index contributed by atoms with van der Waals surface area (Å²) in [5.74, 6) is 0. The molecule has 1 aliphatic rings. The number of aromatic nitrogens is 3. The summed E-state index contributed by atoms with van der Waals surface area (Å²) in [6, 6.07) is 2.25. The van der Waals surface area contributed by atoms with Crippen LogP contribution in [-0.4, -0.2) is 20.6 Å². The molecule has 0 aliphatic heterocycles. The van der Waals surface area contributed by atoms with E-state index in [2.05, 4.69) is 15.4 Å². The summed E-state index contributed by atoms with van der Waals surface area (Å²) in [5, 5.41) is 7.81. The molecule has 0 aromatic carbocycles. The summed E-state index contributed by atoms with van der Waals surface area (Å²) in [6.45, 7) is 2.71. The summed E-state index contributed by atoms with van der Waals surface area (Å²) < 4.78 is 1.43. The molecule has 21 heavy (non-hydrogen) atoms. The summed E-state index contributed by atoms with van der Waals surface area (Å²) in [6.07, 6.45) is 9.47. The summed E-state index contributed by atoms with van der Waals surface area (Å²) >= 11 is 1.53. The largest absolute Gasteiger partial charge is 0.338 e. The standard InChI is InChI=1S/C15H22N4OS/c1-11-9-14(20)19-15(17-11)21-13(18-19)10-16-12-7-5-3-2-4-6-8-12/h9,12,16H,2-8,10H2,1H3/p+1. The van der Waals surface area contributed by atoms with E-state index in [0.29, 0.717) is 11.0 Å². The molecule has 0 bridgehead atoms. The Hall–Kier alpha value is -1.27. The molecular formula is C15H23N4OS+. The Kier molecular flexibility index (Phi) is 4.65. The molecule has 0 spiro atoms. The second-order valence-electron chi connectivity index (χ2n) is 5.97. The first-order valence-electron chi connectivity index (χ1n) is 7.92. The van der Waals surface area contributed by atoms with Crippen LogP contribution in [0.5, 0.6) is 0 Å². The van der Waals surface area contributed by atoms with Crippen LogP contribution in [0.2, 0.25) is 0 Å². The highest BCUT2D eigenvalue weighted by molar-refractivity contribution is 7.16. The Morgan fingerprint density at radius 2 is 2.00 bits per heavy atom. The fourth-order valence-electron chi connectivity index (χ4n) is 3.03. The van der Waals surface area contributed by atoms with Gasteiger partial charge in [-0.15, -0.1) is 0 Å². The predicted molar refractivity (Wildman–Crippen MR) is 83.6 cm³/mol. The zero-order valence-electron chi connectivity index (χ0n) is 12.5. The first kappa shape index (κ1) is 14.7. The lowest BCUT2D eigenvalue weighted by atomic mass is 9.97. The van der Waals surface area contributed by atoms with Crippen molar-refractivity contribution < 1.29 is 5.32 Å². The number of hydrogen-bond acceptors (Lipinski definition) is 4. The van der Waals surface area contributed by atoms with Crippen LogP contribution in [0.1, 0.15) is 55.6 Å². The van der Waals surface area contributed by atoms with Crippen LogP contribution >= 0.6 is 11.3 Å². The van der Waals surface area contributed by atoms with Gasteiger partial charge in [0, 0.05) is 11.8 Å². The smallest absolute Gasteiger partial charge is 0.275 e. The van der Waals surface area contributed by atoms with Gasteiger partial charge in [-0.2, -0.15) is 9.61 Å². The molecule has 6 heteroatoms. The molecule has 1 aliphatic carbocycles. The Morgan fingerprint density at radius 1 is 1.29 bits per heavy atom. The van der Waals surface area contributed by atoms with Crippen molar-refractivity contribution in [1.29, 1.82) is 0 Å². The molecule has 5 nitrogen and oxygen atoms in total. The molecule has 114 valence electrons. The number of rotatable bonds is 3. The minimum atomic E-state index is -0.0778. The van der Waals surface area contributed by atoms with Gasteiger partial charge in [0.25, 0.3) is 5.56 Å². The van der Waals surface area contributed by atoms with Gasteiger partial charge in [-0.3, -0.25) is 4.79 Å². The van der Waals surface area contributed by atoms with Gasteiger partial charge in [-0.1, -0.05) is 30.6 Å². The first-order chi connectivity index (χ1) is 10.2. The van der Waals surface area contributed by atoms with E-state index in [9.17, 15) is 4.79 Å². The lowest BCUT2D eigenvalue weighted by Crippen LogP contribution is -2.88. The topological polar surface area (TPSA) is 63.9 Å². The normalized spacial score (nSPS) is 17.8. The molecule has 0 amide bonds. The highest BCUT2D eigenvalue weighted by Crippen LogP contribution is 2.15. The first-order valence-corrected chi connectivity index (χ1v) is 8.74. The third-order valence-electron chi connectivity index (χ3n) is 4.19. The van der Waals surface area contributed by atoms with Gasteiger partial charge in [0.05, 0.1) is 6.04 Å². The van der Waals surface area contributed by atoms with Crippen LogP contribution in [0, 0.1) is 6.92 Å². The average molecular weight is 307 g/mol. The van der Waals surface area contributed by atoms with E-state index >= 15 is 0 Å². The third-order valence-corrected chi connectivity index (χ3v) is 5.12. The van der Waals surface area contributed by atoms with Crippen LogP contribution in [0.4, 0.5) is 0 Å². The minimum absolute atomic E-state index is 0.0778. The van der Waals surface area contributed by atoms with Crippen LogP contribution in [0.15, 0.2) is 10.9 Å². The Labute approximate surface area is 128 Å². The van der Waals surface area contributed by atoms with Gasteiger partial charge in [0.2, 0.25) is 4.96 Å². The van der Waals surface area contributed by atoms with E-state index in [1.54, 1.807) is 0 Å². The SMILES string of the molecule is Cc1cc(=O)n2nc(C[NH2+]C3CCCCCCC3)sc2n1. The van der Waals surface area contributed by atoms with Crippen LogP contribution in [0.25, 0.3) is 4.96 Å². The number of fused-ring (bicyclic) bond motifs is 1. The molecule has 0 unspecified atom stereocenters. The van der Waals surface area contributed by atoms with Crippen molar-refractivity contribution in [3.63, 3.8) is 0 Å². The number of nitrogens with two attached hydrogens (primary N) is 1. The van der Waals surface area contributed by atoms with Crippen LogP contribution < -0.4 is 10.9 Å².